The first-order chi connectivity index (χ1) is 12.0. The Morgan fingerprint density at radius 1 is 1.40 bits per heavy atom. The standard InChI is InChI=1S/C17H19BClNO5/c19-13-3-1-2-11-9(8-24-16(11)13)6-15(18(22)23)20-17(21)12-7-10-4-5-14(12)25-10/h1-3,8,10,12,14-15,22-23H,4-7H2,(H,20,21)/t10-,12-,14+,15+/m1/s1. The second kappa shape index (κ2) is 6.65. The monoisotopic (exact) mass is 363 g/mol. The fourth-order valence-electron chi connectivity index (χ4n) is 3.90. The molecule has 0 radical (unpaired) electrons. The molecule has 25 heavy (non-hydrogen) atoms. The van der Waals surface area contributed by atoms with Crippen LogP contribution in [0.1, 0.15) is 24.8 Å². The van der Waals surface area contributed by atoms with Crippen molar-refractivity contribution >= 4 is 35.6 Å². The molecule has 3 heterocycles. The predicted molar refractivity (Wildman–Crippen MR) is 93.1 cm³/mol. The van der Waals surface area contributed by atoms with E-state index in [1.807, 2.05) is 6.07 Å². The van der Waals surface area contributed by atoms with Crippen molar-refractivity contribution in [2.24, 2.45) is 5.92 Å². The van der Waals surface area contributed by atoms with E-state index in [9.17, 15) is 14.8 Å². The van der Waals surface area contributed by atoms with Crippen LogP contribution in [0.15, 0.2) is 28.9 Å². The third-order valence-electron chi connectivity index (χ3n) is 5.20. The van der Waals surface area contributed by atoms with Gasteiger partial charge in [-0.1, -0.05) is 23.7 Å². The van der Waals surface area contributed by atoms with E-state index >= 15 is 0 Å². The van der Waals surface area contributed by atoms with Crippen LogP contribution < -0.4 is 5.32 Å². The van der Waals surface area contributed by atoms with Gasteiger partial charge in [0.05, 0.1) is 35.4 Å². The fourth-order valence-corrected chi connectivity index (χ4v) is 4.12. The van der Waals surface area contributed by atoms with Crippen LogP contribution in [0, 0.1) is 5.92 Å². The smallest absolute Gasteiger partial charge is 0.462 e. The minimum Gasteiger partial charge on any atom is -0.462 e. The van der Waals surface area contributed by atoms with Gasteiger partial charge in [0.2, 0.25) is 5.91 Å². The Morgan fingerprint density at radius 3 is 2.92 bits per heavy atom. The maximum absolute atomic E-state index is 12.5. The summed E-state index contributed by atoms with van der Waals surface area (Å²) in [5.74, 6) is -1.22. The molecule has 2 saturated heterocycles. The summed E-state index contributed by atoms with van der Waals surface area (Å²) in [5.41, 5.74) is 1.32. The van der Waals surface area contributed by atoms with E-state index in [0.29, 0.717) is 17.0 Å². The number of rotatable bonds is 5. The lowest BCUT2D eigenvalue weighted by Gasteiger charge is -2.23. The highest BCUT2D eigenvalue weighted by molar-refractivity contribution is 6.43. The highest BCUT2D eigenvalue weighted by Crippen LogP contribution is 2.39. The van der Waals surface area contributed by atoms with E-state index in [2.05, 4.69) is 5.32 Å². The van der Waals surface area contributed by atoms with E-state index in [0.717, 1.165) is 23.8 Å². The molecule has 8 heteroatoms. The van der Waals surface area contributed by atoms with Gasteiger partial charge in [-0.3, -0.25) is 4.79 Å². The topological polar surface area (TPSA) is 91.9 Å². The molecule has 3 N–H and O–H groups in total. The number of fused-ring (bicyclic) bond motifs is 3. The van der Waals surface area contributed by atoms with Crippen molar-refractivity contribution in [3.63, 3.8) is 0 Å². The number of carbonyl (C=O) groups excluding carboxylic acids is 1. The molecule has 1 aromatic heterocycles. The number of ether oxygens (including phenoxy) is 1. The zero-order valence-electron chi connectivity index (χ0n) is 13.5. The molecular weight excluding hydrogens is 344 g/mol. The summed E-state index contributed by atoms with van der Waals surface area (Å²) in [7, 11) is -1.67. The van der Waals surface area contributed by atoms with Crippen LogP contribution in [0.3, 0.4) is 0 Å². The van der Waals surface area contributed by atoms with Gasteiger partial charge in [-0.05, 0) is 37.3 Å². The van der Waals surface area contributed by atoms with Gasteiger partial charge in [-0.15, -0.1) is 0 Å². The molecule has 132 valence electrons. The third kappa shape index (κ3) is 3.17. The second-order valence-corrected chi connectivity index (χ2v) is 7.23. The number of carbonyl (C=O) groups is 1. The first-order valence-corrected chi connectivity index (χ1v) is 8.87. The number of hydrogen-bond acceptors (Lipinski definition) is 5. The molecule has 2 aliphatic heterocycles. The minimum atomic E-state index is -1.67. The quantitative estimate of drug-likeness (QED) is 0.703. The Balaban J connectivity index is 1.49. The van der Waals surface area contributed by atoms with Gasteiger partial charge < -0.3 is 24.5 Å². The van der Waals surface area contributed by atoms with E-state index in [1.54, 1.807) is 18.4 Å². The van der Waals surface area contributed by atoms with Crippen LogP contribution in [-0.4, -0.2) is 41.2 Å². The Bertz CT molecular complexity index is 794. The van der Waals surface area contributed by atoms with Gasteiger partial charge in [0.25, 0.3) is 0 Å². The zero-order chi connectivity index (χ0) is 17.6. The normalized spacial score (nSPS) is 26.1. The van der Waals surface area contributed by atoms with Crippen molar-refractivity contribution < 1.29 is 24.0 Å². The molecular formula is C17H19BClNO5. The van der Waals surface area contributed by atoms with E-state index in [-0.39, 0.29) is 30.5 Å². The maximum Gasteiger partial charge on any atom is 0.475 e. The molecule has 2 aliphatic rings. The van der Waals surface area contributed by atoms with Crippen molar-refractivity contribution in [2.45, 2.75) is 43.8 Å². The second-order valence-electron chi connectivity index (χ2n) is 6.83. The van der Waals surface area contributed by atoms with Crippen molar-refractivity contribution in [1.82, 2.24) is 5.32 Å². The van der Waals surface area contributed by atoms with Gasteiger partial charge in [-0.2, -0.15) is 0 Å². The average Bonchev–Trinajstić information content (AvgIpc) is 3.30. The van der Waals surface area contributed by atoms with Crippen LogP contribution in [-0.2, 0) is 16.0 Å². The number of hydrogen-bond donors (Lipinski definition) is 3. The summed E-state index contributed by atoms with van der Waals surface area (Å²) >= 11 is 6.10. The van der Waals surface area contributed by atoms with Crippen LogP contribution in [0.4, 0.5) is 0 Å². The summed E-state index contributed by atoms with van der Waals surface area (Å²) in [6, 6.07) is 5.39. The lowest BCUT2D eigenvalue weighted by atomic mass is 9.75. The average molecular weight is 364 g/mol. The van der Waals surface area contributed by atoms with E-state index < -0.39 is 13.1 Å². The molecule has 1 aromatic carbocycles. The summed E-state index contributed by atoms with van der Waals surface area (Å²) in [4.78, 5) is 12.5. The lowest BCUT2D eigenvalue weighted by molar-refractivity contribution is -0.126. The highest BCUT2D eigenvalue weighted by Gasteiger charge is 2.45. The summed E-state index contributed by atoms with van der Waals surface area (Å²) in [6.45, 7) is 0. The Kier molecular flexibility index (Phi) is 4.49. The van der Waals surface area contributed by atoms with Gasteiger partial charge in [0.15, 0.2) is 5.58 Å². The molecule has 1 amide bonds. The van der Waals surface area contributed by atoms with Gasteiger partial charge in [0, 0.05) is 5.39 Å². The Hall–Kier alpha value is -1.54. The predicted octanol–water partition coefficient (Wildman–Crippen LogP) is 1.69. The SMILES string of the molecule is O=C(N[C@@H](Cc1coc2c(Cl)cccc12)B(O)O)[C@@H]1C[C@H]2CC[C@@H]1O2. The number of nitrogens with one attached hydrogen (secondary N) is 1. The van der Waals surface area contributed by atoms with Crippen LogP contribution in [0.2, 0.25) is 5.02 Å². The fraction of sp³-hybridized carbons (Fsp3) is 0.471. The first kappa shape index (κ1) is 16.9. The maximum atomic E-state index is 12.5. The zero-order valence-corrected chi connectivity index (χ0v) is 14.3. The van der Waals surface area contributed by atoms with Crippen molar-refractivity contribution in [3.05, 3.63) is 35.0 Å². The molecule has 0 saturated carbocycles. The summed E-state index contributed by atoms with van der Waals surface area (Å²) in [6.07, 6.45) is 4.49. The number of furan rings is 1. The molecule has 2 aromatic rings. The van der Waals surface area contributed by atoms with Gasteiger partial charge >= 0.3 is 7.12 Å². The molecule has 4 atom stereocenters. The summed E-state index contributed by atoms with van der Waals surface area (Å²) in [5, 5.41) is 23.5. The first-order valence-electron chi connectivity index (χ1n) is 8.49. The number of halogens is 1. The number of para-hydroxylation sites is 1. The number of benzene rings is 1. The molecule has 2 fully saturated rings. The van der Waals surface area contributed by atoms with Gasteiger partial charge in [-0.25, -0.2) is 0 Å². The molecule has 6 nitrogen and oxygen atoms in total. The molecule has 4 rings (SSSR count). The lowest BCUT2D eigenvalue weighted by Crippen LogP contribution is -2.50. The van der Waals surface area contributed by atoms with E-state index in [1.165, 1.54) is 0 Å². The van der Waals surface area contributed by atoms with Crippen molar-refractivity contribution in [1.29, 1.82) is 0 Å². The van der Waals surface area contributed by atoms with Crippen LogP contribution >= 0.6 is 11.6 Å². The summed E-state index contributed by atoms with van der Waals surface area (Å²) < 4.78 is 11.2. The van der Waals surface area contributed by atoms with Crippen LogP contribution in [0.5, 0.6) is 0 Å². The molecule has 0 aliphatic carbocycles. The largest absolute Gasteiger partial charge is 0.475 e. The van der Waals surface area contributed by atoms with Crippen LogP contribution in [0.25, 0.3) is 11.0 Å². The third-order valence-corrected chi connectivity index (χ3v) is 5.50. The molecule has 2 bridgehead atoms. The highest BCUT2D eigenvalue weighted by atomic mass is 35.5. The van der Waals surface area contributed by atoms with Gasteiger partial charge in [0.1, 0.15) is 0 Å². The molecule has 0 unspecified atom stereocenters. The Morgan fingerprint density at radius 2 is 2.24 bits per heavy atom. The number of amides is 1. The van der Waals surface area contributed by atoms with E-state index in [4.69, 9.17) is 20.8 Å². The van der Waals surface area contributed by atoms with Crippen molar-refractivity contribution in [3.8, 4) is 0 Å². The Labute approximate surface area is 150 Å². The minimum absolute atomic E-state index is 0.0463. The molecule has 0 spiro atoms. The van der Waals surface area contributed by atoms with Crippen molar-refractivity contribution in [2.75, 3.05) is 0 Å².